The molecule has 0 radical (unpaired) electrons. The normalized spacial score (nSPS) is 17.4. The van der Waals surface area contributed by atoms with Crippen molar-refractivity contribution in [3.05, 3.63) is 22.4 Å². The van der Waals surface area contributed by atoms with Crippen LogP contribution in [0.25, 0.3) is 0 Å². The average Bonchev–Trinajstić information content (AvgIpc) is 2.93. The SMILES string of the molecule is CNCCC1CCN(CCn2ccc([N+](=O)[O-])n2)CC1. The van der Waals surface area contributed by atoms with Crippen LogP contribution in [0.5, 0.6) is 0 Å². The van der Waals surface area contributed by atoms with Gasteiger partial charge in [-0.2, -0.15) is 4.68 Å². The molecule has 0 aromatic carbocycles. The smallest absolute Gasteiger partial charge is 0.358 e. The van der Waals surface area contributed by atoms with Crippen molar-refractivity contribution in [3.63, 3.8) is 0 Å². The van der Waals surface area contributed by atoms with E-state index in [0.717, 1.165) is 38.6 Å². The third-order valence-corrected chi connectivity index (χ3v) is 3.97. The second kappa shape index (κ2) is 7.35. The lowest BCUT2D eigenvalue weighted by Crippen LogP contribution is -2.36. The molecule has 1 N–H and O–H groups in total. The maximum atomic E-state index is 10.6. The number of hydrogen-bond donors (Lipinski definition) is 1. The Balaban J connectivity index is 1.69. The van der Waals surface area contributed by atoms with Crippen LogP contribution in [0.1, 0.15) is 19.3 Å². The lowest BCUT2D eigenvalue weighted by molar-refractivity contribution is -0.389. The highest BCUT2D eigenvalue weighted by Crippen LogP contribution is 2.19. The van der Waals surface area contributed by atoms with Crippen LogP contribution < -0.4 is 5.32 Å². The van der Waals surface area contributed by atoms with Crippen molar-refractivity contribution in [2.75, 3.05) is 33.2 Å². The molecule has 0 atom stereocenters. The number of nitrogens with one attached hydrogen (secondary N) is 1. The lowest BCUT2D eigenvalue weighted by Gasteiger charge is -2.31. The Labute approximate surface area is 119 Å². The molecule has 1 aromatic rings. The minimum absolute atomic E-state index is 0.0734. The molecule has 0 saturated carbocycles. The first-order valence-corrected chi connectivity index (χ1v) is 7.24. The average molecular weight is 281 g/mol. The van der Waals surface area contributed by atoms with Gasteiger partial charge in [0, 0.05) is 6.54 Å². The largest absolute Gasteiger partial charge is 0.389 e. The van der Waals surface area contributed by atoms with E-state index in [1.54, 1.807) is 10.9 Å². The maximum absolute atomic E-state index is 10.6. The molecule has 1 aromatic heterocycles. The first-order valence-electron chi connectivity index (χ1n) is 7.24. The number of nitrogens with zero attached hydrogens (tertiary/aromatic N) is 4. The van der Waals surface area contributed by atoms with Gasteiger partial charge in [-0.15, -0.1) is 0 Å². The van der Waals surface area contributed by atoms with Crippen molar-refractivity contribution in [3.8, 4) is 0 Å². The molecule has 0 unspecified atom stereocenters. The number of piperidine rings is 1. The van der Waals surface area contributed by atoms with Crippen LogP contribution in [0.3, 0.4) is 0 Å². The van der Waals surface area contributed by atoms with Gasteiger partial charge in [0.25, 0.3) is 0 Å². The number of aromatic nitrogens is 2. The van der Waals surface area contributed by atoms with Gasteiger partial charge in [0.15, 0.2) is 0 Å². The first-order chi connectivity index (χ1) is 9.69. The fourth-order valence-corrected chi connectivity index (χ4v) is 2.66. The molecule has 1 fully saturated rings. The lowest BCUT2D eigenvalue weighted by atomic mass is 9.93. The Morgan fingerprint density at radius 3 is 2.80 bits per heavy atom. The van der Waals surface area contributed by atoms with Crippen LogP contribution in [-0.2, 0) is 6.54 Å². The first kappa shape index (κ1) is 14.9. The summed E-state index contributed by atoms with van der Waals surface area (Å²) in [6, 6.07) is 1.45. The van der Waals surface area contributed by atoms with E-state index in [2.05, 4.69) is 15.3 Å². The van der Waals surface area contributed by atoms with Gasteiger partial charge >= 0.3 is 5.82 Å². The summed E-state index contributed by atoms with van der Waals surface area (Å²) >= 11 is 0. The van der Waals surface area contributed by atoms with Crippen LogP contribution in [-0.4, -0.2) is 52.8 Å². The monoisotopic (exact) mass is 281 g/mol. The molecule has 2 heterocycles. The van der Waals surface area contributed by atoms with E-state index < -0.39 is 4.92 Å². The van der Waals surface area contributed by atoms with Gasteiger partial charge in [0.2, 0.25) is 0 Å². The molecule has 7 nitrogen and oxygen atoms in total. The standard InChI is InChI=1S/C13H23N5O2/c1-14-6-2-12-3-7-16(8-4-12)10-11-17-9-5-13(15-17)18(19)20/h5,9,12,14H,2-4,6-8,10-11H2,1H3. The number of likely N-dealkylation sites (tertiary alicyclic amines) is 1. The van der Waals surface area contributed by atoms with Crippen molar-refractivity contribution in [2.45, 2.75) is 25.8 Å². The second-order valence-electron chi connectivity index (χ2n) is 5.37. The van der Waals surface area contributed by atoms with Crippen LogP contribution in [0.4, 0.5) is 5.82 Å². The molecule has 20 heavy (non-hydrogen) atoms. The summed E-state index contributed by atoms with van der Waals surface area (Å²) in [6.07, 6.45) is 5.44. The zero-order chi connectivity index (χ0) is 14.4. The van der Waals surface area contributed by atoms with Crippen LogP contribution in [0.15, 0.2) is 12.3 Å². The Kier molecular flexibility index (Phi) is 5.49. The van der Waals surface area contributed by atoms with Crippen molar-refractivity contribution in [2.24, 2.45) is 5.92 Å². The molecule has 1 aliphatic rings. The molecule has 1 aliphatic heterocycles. The topological polar surface area (TPSA) is 76.2 Å². The Bertz CT molecular complexity index is 426. The molecular formula is C13H23N5O2. The highest BCUT2D eigenvalue weighted by Gasteiger charge is 2.19. The predicted molar refractivity (Wildman–Crippen MR) is 76.6 cm³/mol. The Morgan fingerprint density at radius 2 is 2.20 bits per heavy atom. The Morgan fingerprint density at radius 1 is 1.45 bits per heavy atom. The third kappa shape index (κ3) is 4.28. The minimum Gasteiger partial charge on any atom is -0.358 e. The summed E-state index contributed by atoms with van der Waals surface area (Å²) in [5.41, 5.74) is 0. The summed E-state index contributed by atoms with van der Waals surface area (Å²) in [5, 5.41) is 17.7. The molecule has 0 bridgehead atoms. The number of rotatable bonds is 7. The molecule has 7 heteroatoms. The van der Waals surface area contributed by atoms with E-state index in [1.807, 2.05) is 7.05 Å². The van der Waals surface area contributed by atoms with Crippen LogP contribution in [0.2, 0.25) is 0 Å². The maximum Gasteiger partial charge on any atom is 0.389 e. The van der Waals surface area contributed by atoms with Gasteiger partial charge in [0.05, 0.1) is 23.9 Å². The van der Waals surface area contributed by atoms with Gasteiger partial charge in [0.1, 0.15) is 0 Å². The third-order valence-electron chi connectivity index (χ3n) is 3.97. The second-order valence-corrected chi connectivity index (χ2v) is 5.37. The number of hydrogen-bond acceptors (Lipinski definition) is 5. The Hall–Kier alpha value is -1.47. The molecule has 2 rings (SSSR count). The van der Waals surface area contributed by atoms with Crippen molar-refractivity contribution < 1.29 is 4.92 Å². The van der Waals surface area contributed by atoms with Gasteiger partial charge in [-0.05, 0) is 56.8 Å². The van der Waals surface area contributed by atoms with Crippen molar-refractivity contribution in [1.29, 1.82) is 0 Å². The molecule has 0 amide bonds. The van der Waals surface area contributed by atoms with E-state index in [9.17, 15) is 10.1 Å². The molecule has 1 saturated heterocycles. The molecular weight excluding hydrogens is 258 g/mol. The predicted octanol–water partition coefficient (Wildman–Crippen LogP) is 1.11. The van der Waals surface area contributed by atoms with E-state index in [0.29, 0.717) is 0 Å². The fraction of sp³-hybridized carbons (Fsp3) is 0.769. The molecule has 0 aliphatic carbocycles. The highest BCUT2D eigenvalue weighted by molar-refractivity contribution is 5.13. The van der Waals surface area contributed by atoms with E-state index >= 15 is 0 Å². The molecule has 0 spiro atoms. The summed E-state index contributed by atoms with van der Waals surface area (Å²) in [4.78, 5) is 12.5. The summed E-state index contributed by atoms with van der Waals surface area (Å²) in [7, 11) is 2.00. The van der Waals surface area contributed by atoms with Gasteiger partial charge < -0.3 is 20.3 Å². The summed E-state index contributed by atoms with van der Waals surface area (Å²) in [6.45, 7) is 4.98. The van der Waals surface area contributed by atoms with E-state index in [1.165, 1.54) is 25.3 Å². The quantitative estimate of drug-likeness (QED) is 0.598. The zero-order valence-electron chi connectivity index (χ0n) is 12.0. The summed E-state index contributed by atoms with van der Waals surface area (Å²) < 4.78 is 1.66. The van der Waals surface area contributed by atoms with Gasteiger partial charge in [-0.1, -0.05) is 0 Å². The zero-order valence-corrected chi connectivity index (χ0v) is 12.0. The molecule has 112 valence electrons. The van der Waals surface area contributed by atoms with Crippen molar-refractivity contribution in [1.82, 2.24) is 20.0 Å². The number of nitro groups is 1. The van der Waals surface area contributed by atoms with Gasteiger partial charge in [-0.3, -0.25) is 0 Å². The summed E-state index contributed by atoms with van der Waals surface area (Å²) in [5.74, 6) is 0.764. The van der Waals surface area contributed by atoms with Crippen LogP contribution in [0, 0.1) is 16.0 Å². The van der Waals surface area contributed by atoms with E-state index in [4.69, 9.17) is 0 Å². The fourth-order valence-electron chi connectivity index (χ4n) is 2.66. The van der Waals surface area contributed by atoms with Crippen molar-refractivity contribution >= 4 is 5.82 Å². The van der Waals surface area contributed by atoms with Gasteiger partial charge in [-0.25, -0.2) is 0 Å². The minimum atomic E-state index is -0.455. The highest BCUT2D eigenvalue weighted by atomic mass is 16.6. The van der Waals surface area contributed by atoms with Crippen LogP contribution >= 0.6 is 0 Å². The van der Waals surface area contributed by atoms with E-state index in [-0.39, 0.29) is 5.82 Å².